The van der Waals surface area contributed by atoms with E-state index in [4.69, 9.17) is 14.6 Å². The molecule has 0 aliphatic carbocycles. The smallest absolute Gasteiger partial charge is 0.320 e. The van der Waals surface area contributed by atoms with Gasteiger partial charge in [-0.25, -0.2) is 4.79 Å². The fourth-order valence-electron chi connectivity index (χ4n) is 4.42. The average Bonchev–Trinajstić information content (AvgIpc) is 3.14. The summed E-state index contributed by atoms with van der Waals surface area (Å²) in [4.78, 5) is 31.5. The van der Waals surface area contributed by atoms with E-state index in [1.54, 1.807) is 7.11 Å². The SMILES string of the molecule is COCCN1CCCn2nc(C3CCCN(C(=O)N4CCOCC4)C3)cc2C1=O. The summed E-state index contributed by atoms with van der Waals surface area (Å²) in [5.74, 6) is 0.198. The molecule has 9 heteroatoms. The molecule has 1 unspecified atom stereocenters. The summed E-state index contributed by atoms with van der Waals surface area (Å²) in [5.41, 5.74) is 1.59. The average molecular weight is 405 g/mol. The van der Waals surface area contributed by atoms with E-state index in [9.17, 15) is 9.59 Å². The second-order valence-corrected chi connectivity index (χ2v) is 7.98. The maximum Gasteiger partial charge on any atom is 0.320 e. The van der Waals surface area contributed by atoms with Crippen LogP contribution in [-0.2, 0) is 16.0 Å². The Kier molecular flexibility index (Phi) is 6.34. The summed E-state index contributed by atoms with van der Waals surface area (Å²) >= 11 is 0. The lowest BCUT2D eigenvalue weighted by Gasteiger charge is -2.37. The van der Waals surface area contributed by atoms with Gasteiger partial charge in [0.25, 0.3) is 5.91 Å². The molecule has 0 aromatic carbocycles. The van der Waals surface area contributed by atoms with Crippen molar-refractivity contribution in [2.24, 2.45) is 0 Å². The number of rotatable bonds is 4. The molecule has 160 valence electrons. The van der Waals surface area contributed by atoms with Crippen molar-refractivity contribution in [3.05, 3.63) is 17.5 Å². The number of likely N-dealkylation sites (tertiary alicyclic amines) is 1. The fourth-order valence-corrected chi connectivity index (χ4v) is 4.42. The second kappa shape index (κ2) is 9.13. The first kappa shape index (κ1) is 20.2. The Morgan fingerprint density at radius 3 is 2.79 bits per heavy atom. The van der Waals surface area contributed by atoms with Crippen molar-refractivity contribution >= 4 is 11.9 Å². The van der Waals surface area contributed by atoms with E-state index in [1.807, 2.05) is 25.4 Å². The van der Waals surface area contributed by atoms with Crippen LogP contribution in [0.1, 0.15) is 41.4 Å². The van der Waals surface area contributed by atoms with Crippen molar-refractivity contribution in [1.29, 1.82) is 0 Å². The molecule has 0 bridgehead atoms. The summed E-state index contributed by atoms with van der Waals surface area (Å²) < 4.78 is 12.4. The third kappa shape index (κ3) is 4.40. The van der Waals surface area contributed by atoms with Crippen molar-refractivity contribution in [3.63, 3.8) is 0 Å². The van der Waals surface area contributed by atoms with Gasteiger partial charge in [-0.05, 0) is 25.3 Å². The predicted octanol–water partition coefficient (Wildman–Crippen LogP) is 1.01. The summed E-state index contributed by atoms with van der Waals surface area (Å²) in [6.07, 6.45) is 2.83. The number of urea groups is 1. The van der Waals surface area contributed by atoms with Gasteiger partial charge in [-0.2, -0.15) is 5.10 Å². The number of piperidine rings is 1. The zero-order valence-corrected chi connectivity index (χ0v) is 17.2. The Morgan fingerprint density at radius 2 is 2.00 bits per heavy atom. The molecule has 0 radical (unpaired) electrons. The number of amides is 3. The number of ether oxygens (including phenoxy) is 2. The number of aromatic nitrogens is 2. The summed E-state index contributed by atoms with van der Waals surface area (Å²) in [6.45, 7) is 6.58. The standard InChI is InChI=1S/C20H31N5O4/c1-28-11-8-22-6-3-7-25-18(19(22)26)14-17(21-25)16-4-2-5-24(15-16)20(27)23-9-12-29-13-10-23/h14,16H,2-13,15H2,1H3. The molecule has 1 atom stereocenters. The number of nitrogens with zero attached hydrogens (tertiary/aromatic N) is 5. The lowest BCUT2D eigenvalue weighted by molar-refractivity contribution is 0.0408. The third-order valence-corrected chi connectivity index (χ3v) is 6.06. The number of hydrogen-bond acceptors (Lipinski definition) is 5. The summed E-state index contributed by atoms with van der Waals surface area (Å²) in [7, 11) is 1.65. The number of fused-ring (bicyclic) bond motifs is 1. The largest absolute Gasteiger partial charge is 0.383 e. The summed E-state index contributed by atoms with van der Waals surface area (Å²) in [5, 5.41) is 4.77. The molecule has 4 heterocycles. The highest BCUT2D eigenvalue weighted by molar-refractivity contribution is 5.93. The normalized spacial score (nSPS) is 23.1. The van der Waals surface area contributed by atoms with E-state index in [-0.39, 0.29) is 17.9 Å². The van der Waals surface area contributed by atoms with Crippen LogP contribution in [0.3, 0.4) is 0 Å². The number of carbonyl (C=O) groups excluding carboxylic acids is 2. The molecule has 0 saturated carbocycles. The van der Waals surface area contributed by atoms with Crippen LogP contribution in [-0.4, -0.2) is 103 Å². The third-order valence-electron chi connectivity index (χ3n) is 6.06. The van der Waals surface area contributed by atoms with Crippen LogP contribution in [0.25, 0.3) is 0 Å². The molecule has 3 aliphatic heterocycles. The summed E-state index contributed by atoms with van der Waals surface area (Å²) in [6, 6.07) is 2.04. The molecule has 0 N–H and O–H groups in total. The molecule has 29 heavy (non-hydrogen) atoms. The Hall–Kier alpha value is -2.13. The van der Waals surface area contributed by atoms with Crippen molar-refractivity contribution in [2.45, 2.75) is 31.7 Å². The number of methoxy groups -OCH3 is 1. The maximum atomic E-state index is 12.9. The van der Waals surface area contributed by atoms with Crippen LogP contribution < -0.4 is 0 Å². The second-order valence-electron chi connectivity index (χ2n) is 7.98. The monoisotopic (exact) mass is 405 g/mol. The molecule has 1 aromatic heterocycles. The van der Waals surface area contributed by atoms with Crippen molar-refractivity contribution in [3.8, 4) is 0 Å². The zero-order chi connectivity index (χ0) is 20.2. The highest BCUT2D eigenvalue weighted by Crippen LogP contribution is 2.28. The van der Waals surface area contributed by atoms with Gasteiger partial charge >= 0.3 is 6.03 Å². The van der Waals surface area contributed by atoms with E-state index in [0.29, 0.717) is 51.7 Å². The first-order valence-electron chi connectivity index (χ1n) is 10.6. The zero-order valence-electron chi connectivity index (χ0n) is 17.2. The van der Waals surface area contributed by atoms with Gasteiger partial charge in [0.2, 0.25) is 0 Å². The Morgan fingerprint density at radius 1 is 1.17 bits per heavy atom. The fraction of sp³-hybridized carbons (Fsp3) is 0.750. The first-order chi connectivity index (χ1) is 14.2. The first-order valence-corrected chi connectivity index (χ1v) is 10.6. The molecule has 3 aliphatic rings. The highest BCUT2D eigenvalue weighted by Gasteiger charge is 2.32. The number of morpholine rings is 1. The van der Waals surface area contributed by atoms with Crippen LogP contribution in [0.15, 0.2) is 6.07 Å². The van der Waals surface area contributed by atoms with Crippen LogP contribution in [0.4, 0.5) is 4.79 Å². The van der Waals surface area contributed by atoms with Gasteiger partial charge in [0.05, 0.1) is 25.5 Å². The minimum atomic E-state index is 0.0235. The molecular formula is C20H31N5O4. The van der Waals surface area contributed by atoms with Crippen LogP contribution in [0, 0.1) is 0 Å². The Labute approximate surface area is 171 Å². The van der Waals surface area contributed by atoms with Gasteiger partial charge in [-0.15, -0.1) is 0 Å². The maximum absolute atomic E-state index is 12.9. The molecule has 0 spiro atoms. The topological polar surface area (TPSA) is 80.1 Å². The lowest BCUT2D eigenvalue weighted by atomic mass is 9.95. The van der Waals surface area contributed by atoms with Crippen LogP contribution in [0.5, 0.6) is 0 Å². The minimum absolute atomic E-state index is 0.0235. The van der Waals surface area contributed by atoms with Gasteiger partial charge in [-0.1, -0.05) is 0 Å². The highest BCUT2D eigenvalue weighted by atomic mass is 16.5. The van der Waals surface area contributed by atoms with Gasteiger partial charge in [0, 0.05) is 58.8 Å². The Balaban J connectivity index is 1.45. The number of hydrogen-bond donors (Lipinski definition) is 0. The van der Waals surface area contributed by atoms with E-state index < -0.39 is 0 Å². The number of carbonyl (C=O) groups is 2. The molecule has 2 saturated heterocycles. The van der Waals surface area contributed by atoms with Crippen LogP contribution >= 0.6 is 0 Å². The predicted molar refractivity (Wildman–Crippen MR) is 106 cm³/mol. The number of aryl methyl sites for hydroxylation is 1. The van der Waals surface area contributed by atoms with Gasteiger partial charge in [0.1, 0.15) is 5.69 Å². The lowest BCUT2D eigenvalue weighted by Crippen LogP contribution is -2.50. The van der Waals surface area contributed by atoms with Gasteiger partial charge in [0.15, 0.2) is 0 Å². The molecule has 2 fully saturated rings. The molecular weight excluding hydrogens is 374 g/mol. The van der Waals surface area contributed by atoms with Crippen LogP contribution in [0.2, 0.25) is 0 Å². The van der Waals surface area contributed by atoms with Gasteiger partial charge < -0.3 is 24.2 Å². The van der Waals surface area contributed by atoms with E-state index in [1.165, 1.54) is 0 Å². The Bertz CT molecular complexity index is 730. The van der Waals surface area contributed by atoms with Crippen molar-refractivity contribution < 1.29 is 19.1 Å². The van der Waals surface area contributed by atoms with Gasteiger partial charge in [-0.3, -0.25) is 9.48 Å². The van der Waals surface area contributed by atoms with Crippen molar-refractivity contribution in [2.75, 3.05) is 66.2 Å². The molecule has 4 rings (SSSR count). The van der Waals surface area contributed by atoms with E-state index >= 15 is 0 Å². The van der Waals surface area contributed by atoms with E-state index in [2.05, 4.69) is 0 Å². The molecule has 9 nitrogen and oxygen atoms in total. The van der Waals surface area contributed by atoms with E-state index in [0.717, 1.165) is 44.6 Å². The molecule has 1 aromatic rings. The minimum Gasteiger partial charge on any atom is -0.383 e. The van der Waals surface area contributed by atoms with Crippen molar-refractivity contribution in [1.82, 2.24) is 24.5 Å². The molecule has 3 amide bonds. The quantitative estimate of drug-likeness (QED) is 0.747.